The Bertz CT molecular complexity index is 1710. The van der Waals surface area contributed by atoms with Gasteiger partial charge in [0.05, 0.1) is 5.69 Å². The second kappa shape index (κ2) is 18.9. The van der Waals surface area contributed by atoms with Gasteiger partial charge in [0, 0.05) is 37.9 Å². The number of unbranched alkanes of at least 4 members (excludes halogenated alkanes) is 1. The lowest BCUT2D eigenvalue weighted by Crippen LogP contribution is -2.49. The number of aromatic hydroxyl groups is 1. The van der Waals surface area contributed by atoms with Crippen molar-refractivity contribution in [2.24, 2.45) is 0 Å². The smallest absolute Gasteiger partial charge is 0.408 e. The van der Waals surface area contributed by atoms with Gasteiger partial charge in [-0.2, -0.15) is 0 Å². The minimum atomic E-state index is -0.899. The van der Waals surface area contributed by atoms with Crippen molar-refractivity contribution >= 4 is 23.9 Å². The van der Waals surface area contributed by atoms with Crippen LogP contribution in [0.25, 0.3) is 0 Å². The molecule has 0 aliphatic rings. The molecular formula is C39H53N5O8. The van der Waals surface area contributed by atoms with Crippen molar-refractivity contribution in [2.45, 2.75) is 117 Å². The Hall–Kier alpha value is -5.20. The van der Waals surface area contributed by atoms with E-state index in [-0.39, 0.29) is 48.6 Å². The number of hydrogen-bond acceptors (Lipinski definition) is 9. The Morgan fingerprint density at radius 1 is 0.808 bits per heavy atom. The lowest BCUT2D eigenvalue weighted by Gasteiger charge is -2.24. The number of benzene rings is 2. The summed E-state index contributed by atoms with van der Waals surface area (Å²) >= 11 is 0. The molecule has 5 N–H and O–H groups in total. The number of nitrogens with zero attached hydrogens (tertiary/aromatic N) is 1. The SMILES string of the molecule is Cc1nc(CCC(=O)N[C@@H](Cc2ccccc2)C(=O)OC(C)(C)C)c(=O)[nH]c1CCCCNC(=O)[C@H](Cc1ccc(O)cc1)NC(=O)OC(C)(C)C. The largest absolute Gasteiger partial charge is 0.508 e. The molecule has 0 spiro atoms. The number of nitrogens with one attached hydrogen (secondary N) is 4. The fourth-order valence-corrected chi connectivity index (χ4v) is 5.24. The highest BCUT2D eigenvalue weighted by Crippen LogP contribution is 2.14. The predicted octanol–water partition coefficient (Wildman–Crippen LogP) is 4.36. The molecule has 0 saturated heterocycles. The first kappa shape index (κ1) is 41.2. The number of aromatic amines is 1. The van der Waals surface area contributed by atoms with Crippen LogP contribution in [0.3, 0.4) is 0 Å². The zero-order valence-electron chi connectivity index (χ0n) is 31.3. The maximum Gasteiger partial charge on any atom is 0.408 e. The van der Waals surface area contributed by atoms with E-state index in [2.05, 4.69) is 25.9 Å². The Balaban J connectivity index is 1.52. The van der Waals surface area contributed by atoms with Crippen molar-refractivity contribution in [2.75, 3.05) is 6.54 Å². The number of carbonyl (C=O) groups excluding carboxylic acids is 4. The van der Waals surface area contributed by atoms with Crippen molar-refractivity contribution < 1.29 is 33.8 Å². The molecule has 3 rings (SSSR count). The third-order valence-electron chi connectivity index (χ3n) is 7.70. The highest BCUT2D eigenvalue weighted by atomic mass is 16.6. The summed E-state index contributed by atoms with van der Waals surface area (Å²) in [5.41, 5.74) is 1.28. The van der Waals surface area contributed by atoms with Crippen LogP contribution < -0.4 is 21.5 Å². The van der Waals surface area contributed by atoms with E-state index in [9.17, 15) is 29.1 Å². The monoisotopic (exact) mass is 719 g/mol. The van der Waals surface area contributed by atoms with E-state index in [0.29, 0.717) is 37.2 Å². The zero-order valence-corrected chi connectivity index (χ0v) is 31.3. The molecule has 52 heavy (non-hydrogen) atoms. The molecule has 0 fully saturated rings. The number of H-pyrrole nitrogens is 1. The minimum absolute atomic E-state index is 0.0425. The van der Waals surface area contributed by atoms with Gasteiger partial charge < -0.3 is 35.5 Å². The van der Waals surface area contributed by atoms with E-state index in [0.717, 1.165) is 11.1 Å². The Kier molecular flexibility index (Phi) is 15.0. The van der Waals surface area contributed by atoms with Crippen LogP contribution in [-0.2, 0) is 49.5 Å². The molecule has 0 saturated carbocycles. The number of phenols is 1. The highest BCUT2D eigenvalue weighted by molar-refractivity contribution is 5.86. The van der Waals surface area contributed by atoms with Crippen LogP contribution >= 0.6 is 0 Å². The van der Waals surface area contributed by atoms with Crippen LogP contribution in [0.5, 0.6) is 5.75 Å². The number of phenolic OH excluding ortho intramolecular Hbond substituents is 1. The summed E-state index contributed by atoms with van der Waals surface area (Å²) in [4.78, 5) is 71.6. The number of hydrogen-bond donors (Lipinski definition) is 5. The van der Waals surface area contributed by atoms with E-state index < -0.39 is 41.3 Å². The molecule has 0 radical (unpaired) electrons. The van der Waals surface area contributed by atoms with Crippen LogP contribution in [0.2, 0.25) is 0 Å². The summed E-state index contributed by atoms with van der Waals surface area (Å²) in [7, 11) is 0. The second-order valence-corrected chi connectivity index (χ2v) is 14.7. The van der Waals surface area contributed by atoms with Gasteiger partial charge in [-0.25, -0.2) is 9.59 Å². The quantitative estimate of drug-likeness (QED) is 0.106. The number of esters is 1. The van der Waals surface area contributed by atoms with E-state index >= 15 is 0 Å². The van der Waals surface area contributed by atoms with Gasteiger partial charge in [0.25, 0.3) is 5.56 Å². The summed E-state index contributed by atoms with van der Waals surface area (Å²) in [6.45, 7) is 12.6. The van der Waals surface area contributed by atoms with E-state index in [1.165, 1.54) is 12.1 Å². The van der Waals surface area contributed by atoms with Crippen molar-refractivity contribution in [3.05, 3.63) is 93.2 Å². The molecule has 2 aromatic carbocycles. The average Bonchev–Trinajstić information content (AvgIpc) is 3.04. The fraction of sp³-hybridized carbons (Fsp3) is 0.487. The molecular weight excluding hydrogens is 666 g/mol. The Labute approximate surface area is 305 Å². The molecule has 3 aromatic rings. The van der Waals surface area contributed by atoms with E-state index in [1.807, 2.05) is 30.3 Å². The van der Waals surface area contributed by atoms with Crippen LogP contribution in [-0.4, -0.2) is 68.8 Å². The van der Waals surface area contributed by atoms with Crippen LogP contribution in [0.15, 0.2) is 59.4 Å². The van der Waals surface area contributed by atoms with E-state index in [1.54, 1.807) is 60.6 Å². The van der Waals surface area contributed by atoms with Gasteiger partial charge >= 0.3 is 12.1 Å². The van der Waals surface area contributed by atoms with Gasteiger partial charge in [-0.05, 0) is 91.0 Å². The number of alkyl carbamates (subject to hydrolysis) is 1. The van der Waals surface area contributed by atoms with Crippen molar-refractivity contribution in [1.82, 2.24) is 25.9 Å². The summed E-state index contributed by atoms with van der Waals surface area (Å²) < 4.78 is 10.9. The third-order valence-corrected chi connectivity index (χ3v) is 7.70. The first-order valence-electron chi connectivity index (χ1n) is 17.6. The summed E-state index contributed by atoms with van der Waals surface area (Å²) in [5, 5.41) is 17.9. The van der Waals surface area contributed by atoms with Crippen molar-refractivity contribution in [3.63, 3.8) is 0 Å². The molecule has 0 aliphatic heterocycles. The lowest BCUT2D eigenvalue weighted by atomic mass is 10.0. The number of aromatic nitrogens is 2. The molecule has 3 amide bonds. The third kappa shape index (κ3) is 15.0. The molecule has 0 bridgehead atoms. The predicted molar refractivity (Wildman–Crippen MR) is 197 cm³/mol. The van der Waals surface area contributed by atoms with Gasteiger partial charge in [-0.3, -0.25) is 19.4 Å². The van der Waals surface area contributed by atoms with Crippen LogP contribution in [0, 0.1) is 6.92 Å². The number of carbonyl (C=O) groups is 4. The molecule has 13 nitrogen and oxygen atoms in total. The molecule has 0 aliphatic carbocycles. The topological polar surface area (TPSA) is 189 Å². The Morgan fingerprint density at radius 3 is 2.06 bits per heavy atom. The maximum atomic E-state index is 13.1. The molecule has 1 aromatic heterocycles. The highest BCUT2D eigenvalue weighted by Gasteiger charge is 2.28. The molecule has 1 heterocycles. The van der Waals surface area contributed by atoms with Gasteiger partial charge in [0.1, 0.15) is 34.7 Å². The number of rotatable bonds is 16. The first-order valence-corrected chi connectivity index (χ1v) is 17.6. The minimum Gasteiger partial charge on any atom is -0.508 e. The number of amides is 3. The van der Waals surface area contributed by atoms with Crippen LogP contribution in [0.4, 0.5) is 4.79 Å². The maximum absolute atomic E-state index is 13.1. The van der Waals surface area contributed by atoms with Crippen LogP contribution in [0.1, 0.15) is 89.0 Å². The Morgan fingerprint density at radius 2 is 1.42 bits per heavy atom. The average molecular weight is 720 g/mol. The number of ether oxygens (including phenoxy) is 2. The summed E-state index contributed by atoms with van der Waals surface area (Å²) in [5.74, 6) is -1.22. The summed E-state index contributed by atoms with van der Waals surface area (Å²) in [6, 6.07) is 13.9. The standard InChI is InChI=1S/C39H53N5O8/c1-25-29(15-11-12-22-40-34(47)31(44-37(50)52-39(5,6)7)23-27-16-18-28(45)19-17-27)43-35(48)30(41-25)20-21-33(46)42-32(36(49)51-38(2,3)4)24-26-13-9-8-10-14-26/h8-10,13-14,16-19,31-32,45H,11-12,15,20-24H2,1-7H3,(H,40,47)(H,42,46)(H,43,48)(H,44,50)/t31-,32-/m0/s1. The molecule has 282 valence electrons. The molecule has 13 heteroatoms. The van der Waals surface area contributed by atoms with Crippen molar-refractivity contribution in [3.8, 4) is 5.75 Å². The van der Waals surface area contributed by atoms with Crippen molar-refractivity contribution in [1.29, 1.82) is 0 Å². The van der Waals surface area contributed by atoms with Gasteiger partial charge in [-0.1, -0.05) is 42.5 Å². The van der Waals surface area contributed by atoms with E-state index in [4.69, 9.17) is 9.47 Å². The summed E-state index contributed by atoms with van der Waals surface area (Å²) in [6.07, 6.45) is 1.53. The fourth-order valence-electron chi connectivity index (χ4n) is 5.24. The normalized spacial score (nSPS) is 12.7. The number of aryl methyl sites for hydroxylation is 3. The van der Waals surface area contributed by atoms with Gasteiger partial charge in [0.2, 0.25) is 11.8 Å². The van der Waals surface area contributed by atoms with Gasteiger partial charge in [0.15, 0.2) is 0 Å². The molecule has 2 atom stereocenters. The lowest BCUT2D eigenvalue weighted by molar-refractivity contribution is -0.158. The second-order valence-electron chi connectivity index (χ2n) is 14.7. The first-order chi connectivity index (χ1) is 24.4. The molecule has 0 unspecified atom stereocenters. The zero-order chi connectivity index (χ0) is 38.5. The van der Waals surface area contributed by atoms with Gasteiger partial charge in [-0.15, -0.1) is 0 Å².